The maximum atomic E-state index is 13.2. The van der Waals surface area contributed by atoms with Crippen molar-refractivity contribution >= 4 is 52.5 Å². The zero-order valence-corrected chi connectivity index (χ0v) is 88.1. The van der Waals surface area contributed by atoms with Crippen LogP contribution < -0.4 is 35.5 Å². The summed E-state index contributed by atoms with van der Waals surface area (Å²) in [5.74, 6) is 2.45. The Morgan fingerprint density at radius 3 is 0.958 bits per heavy atom. The molecule has 754 valence electrons. The monoisotopic (exact) mass is 2060 g/mol. The number of amides is 4. The van der Waals surface area contributed by atoms with Gasteiger partial charge in [0.2, 0.25) is 0 Å². The van der Waals surface area contributed by atoms with Crippen molar-refractivity contribution in [2.24, 2.45) is 0 Å². The molecule has 26 nitrogen and oxygen atoms in total. The number of hydrogen-bond acceptors (Lipinski definition) is 22. The highest BCUT2D eigenvalue weighted by atomic mass is 127. The number of hydrogen-bond donors (Lipinski definition) is 6. The zero-order valence-electron chi connectivity index (χ0n) is 86.0. The second-order valence-electron chi connectivity index (χ2n) is 39.9. The minimum absolute atomic E-state index is 0.00349. The molecule has 27 heteroatoms. The van der Waals surface area contributed by atoms with Crippen LogP contribution in [-0.2, 0) is 64.0 Å². The predicted octanol–water partition coefficient (Wildman–Crippen LogP) is 23.7. The molecule has 2 aliphatic rings. The third-order valence-electron chi connectivity index (χ3n) is 24.8. The Hall–Kier alpha value is -13.8. The van der Waals surface area contributed by atoms with E-state index in [-0.39, 0.29) is 79.6 Å². The van der Waals surface area contributed by atoms with Crippen LogP contribution >= 0.6 is 22.6 Å². The first-order valence-electron chi connectivity index (χ1n) is 49.0. The number of nitrogens with zero attached hydrogens (tertiary/aromatic N) is 6. The van der Waals surface area contributed by atoms with Crippen LogP contribution in [0, 0.1) is 24.3 Å². The molecule has 4 amide bonds. The lowest BCUT2D eigenvalue weighted by Crippen LogP contribution is -2.35. The molecule has 0 atom stereocenters. The van der Waals surface area contributed by atoms with Gasteiger partial charge in [0.25, 0.3) is 23.6 Å². The van der Waals surface area contributed by atoms with Gasteiger partial charge in [-0.3, -0.25) is 33.8 Å². The van der Waals surface area contributed by atoms with Gasteiger partial charge < -0.3 is 73.3 Å². The molecular weight excluding hydrogens is 1930 g/mol. The fourth-order valence-corrected chi connectivity index (χ4v) is 18.2. The maximum Gasteiger partial charge on any atom is 0.274 e. The van der Waals surface area contributed by atoms with Gasteiger partial charge in [-0.05, 0) is 213 Å². The van der Waals surface area contributed by atoms with Gasteiger partial charge in [-0.2, -0.15) is 0 Å². The molecule has 0 spiro atoms. The summed E-state index contributed by atoms with van der Waals surface area (Å²) in [6.45, 7) is 50.7. The van der Waals surface area contributed by atoms with E-state index < -0.39 is 0 Å². The summed E-state index contributed by atoms with van der Waals surface area (Å²) in [5, 5.41) is 49.0. The van der Waals surface area contributed by atoms with Crippen molar-refractivity contribution in [2.75, 3.05) is 78.8 Å². The first kappa shape index (κ1) is 107. The van der Waals surface area contributed by atoms with Crippen molar-refractivity contribution in [1.29, 1.82) is 0 Å². The Kier molecular flexibility index (Phi) is 36.2. The number of carbonyl (C=O) groups excluding carboxylic acids is 5. The van der Waals surface area contributed by atoms with Crippen molar-refractivity contribution in [3.63, 3.8) is 0 Å². The minimum Gasteiger partial charge on any atom is -0.508 e. The van der Waals surface area contributed by atoms with Crippen LogP contribution in [0.15, 0.2) is 230 Å². The molecule has 2 aliphatic heterocycles. The number of halogens is 1. The van der Waals surface area contributed by atoms with Crippen LogP contribution in [0.5, 0.6) is 28.7 Å². The topological polar surface area (TPSA) is 331 Å². The molecule has 0 unspecified atom stereocenters. The summed E-state index contributed by atoms with van der Waals surface area (Å²) in [4.78, 5) is 67.3. The highest BCUT2D eigenvalue weighted by Gasteiger charge is 2.35. The van der Waals surface area contributed by atoms with Crippen LogP contribution in [0.2, 0.25) is 0 Å². The number of nitrogens with one attached hydrogen (secondary N) is 4. The fraction of sp³-hybridized carbons (Fsp3) is 0.342. The van der Waals surface area contributed by atoms with Gasteiger partial charge >= 0.3 is 0 Å². The molecule has 16 rings (SSSR count). The lowest BCUT2D eigenvalue weighted by Gasteiger charge is -2.26. The second-order valence-corrected chi connectivity index (χ2v) is 41.0. The summed E-state index contributed by atoms with van der Waals surface area (Å²) < 4.78 is 53.8. The summed E-state index contributed by atoms with van der Waals surface area (Å²) >= 11 is 2.12. The first-order valence-corrected chi connectivity index (χ1v) is 50.1. The van der Waals surface area contributed by atoms with Crippen molar-refractivity contribution in [3.05, 3.63) is 311 Å². The smallest absolute Gasteiger partial charge is 0.274 e. The van der Waals surface area contributed by atoms with E-state index in [1.165, 1.54) is 22.8 Å². The average Bonchev–Trinajstić information content (AvgIpc) is 1.60. The largest absolute Gasteiger partial charge is 0.508 e. The molecule has 2 saturated heterocycles. The third kappa shape index (κ3) is 27.0. The minimum atomic E-state index is -0.379. The van der Waals surface area contributed by atoms with E-state index in [2.05, 4.69) is 206 Å². The Balaban J connectivity index is 0.000000162. The number of carbonyl (C=O) groups is 5. The number of benzene rings is 10. The molecular formula is C117H133IN10O16. The molecule has 6 heterocycles. The summed E-state index contributed by atoms with van der Waals surface area (Å²) in [6.07, 6.45) is 0.786. The molecule has 0 radical (unpaired) electrons. The van der Waals surface area contributed by atoms with E-state index in [4.69, 9.17) is 41.8 Å². The average molecular weight is 2060 g/mol. The van der Waals surface area contributed by atoms with E-state index in [0.29, 0.717) is 129 Å². The Labute approximate surface area is 857 Å². The zero-order chi connectivity index (χ0) is 103. The highest BCUT2D eigenvalue weighted by Crippen LogP contribution is 2.49. The third-order valence-corrected chi connectivity index (χ3v) is 25.8. The number of ether oxygens (including phenoxy) is 5. The molecule has 0 saturated carbocycles. The van der Waals surface area contributed by atoms with Gasteiger partial charge in [-0.15, -0.1) is 0 Å². The van der Waals surface area contributed by atoms with E-state index in [1.54, 1.807) is 30.3 Å². The first-order chi connectivity index (χ1) is 68.9. The van der Waals surface area contributed by atoms with E-state index >= 15 is 0 Å². The quantitative estimate of drug-likeness (QED) is 0.0187. The number of morpholine rings is 2. The van der Waals surface area contributed by atoms with E-state index in [0.717, 1.165) is 144 Å². The Morgan fingerprint density at radius 2 is 0.646 bits per heavy atom. The van der Waals surface area contributed by atoms with Crippen molar-refractivity contribution < 1.29 is 76.0 Å². The molecule has 6 N–H and O–H groups in total. The lowest BCUT2D eigenvalue weighted by molar-refractivity contribution is 0.0341. The van der Waals surface area contributed by atoms with Gasteiger partial charge in [0.05, 0.1) is 68.9 Å². The molecule has 144 heavy (non-hydrogen) atoms. The molecule has 10 aromatic carbocycles. The number of phenols is 2. The van der Waals surface area contributed by atoms with Crippen molar-refractivity contribution in [2.45, 2.75) is 186 Å². The van der Waals surface area contributed by atoms with Gasteiger partial charge in [0.15, 0.2) is 45.8 Å². The highest BCUT2D eigenvalue weighted by molar-refractivity contribution is 14.1. The molecule has 0 aliphatic carbocycles. The van der Waals surface area contributed by atoms with Crippen LogP contribution in [0.3, 0.4) is 0 Å². The summed E-state index contributed by atoms with van der Waals surface area (Å²) in [6, 6.07) is 68.8. The van der Waals surface area contributed by atoms with Gasteiger partial charge in [0.1, 0.15) is 54.9 Å². The maximum absolute atomic E-state index is 13.2. The Morgan fingerprint density at radius 1 is 0.361 bits per heavy atom. The van der Waals surface area contributed by atoms with Gasteiger partial charge in [-0.25, -0.2) is 0 Å². The SMILES string of the molecule is CCNC(=O)c1noc(-c2cc(C(C)(C)C)c(C)cc2OCc2ccccc2)c1-c1ccc(C=O)cc1.CCNC(=O)c1noc(-c2cc(C(C)(C)C)c(C)cc2OCc2ccccc2)c1-c1ccc(CN2CCOCC2)cc1.CCNC(=O)c1noc(-c2cc(C(C)(C)C)c(C)cc2OCc2ccccc2)c1I.CCNC(=O)c1noc(-c2cc(C(C)(C)C)c(O)cc2O)c1-c1ccc(CN2CCOCC2)cc1. The summed E-state index contributed by atoms with van der Waals surface area (Å²) in [7, 11) is 0. The predicted molar refractivity (Wildman–Crippen MR) is 571 cm³/mol. The normalized spacial score (nSPS) is 13.0. The number of phenolic OH excluding ortho intramolecular Hbond substituents is 2. The standard InChI is InChI=1S/C35H41N3O4.C31H32N2O4.C27H33N3O5.C24H27IN2O3/c1-6-36-34(39)32-31(27-14-12-25(13-15-27)22-38-16-18-40-19-17-38)33(42-37-32)28-21-29(35(3,4)5)24(2)20-30(28)41-23-26-10-8-7-9-11-26;1-6-32-30(35)28-27(23-14-12-21(18-34)13-15-23)29(37-33-28)24-17-25(31(3,4)5)20(2)16-26(24)36-19-22-10-8-7-9-11-22;1-5-28-26(33)24-23(18-8-6-17(7-9-18)16-30-10-12-34-13-11-30)25(35-29-24)19-14-20(27(2,3)4)22(32)15-21(19)31;1-6-26-23(28)21-20(25)22(30-27-21)17-13-18(24(3,4)5)15(2)12-19(17)29-14-16-10-8-7-9-11-16/h7-15,20-21H,6,16-19,22-23H2,1-5H3,(H,36,39);7-18H,6,19H2,1-5H3,(H,32,35);6-9,14-15,31-32H,5,10-13,16H2,1-4H3,(H,28,33);7-13H,6,14H2,1-5H3,(H,26,28). The Bertz CT molecular complexity index is 6730. The van der Waals surface area contributed by atoms with Crippen molar-refractivity contribution in [1.82, 2.24) is 51.7 Å². The molecule has 2 fully saturated rings. The lowest BCUT2D eigenvalue weighted by atomic mass is 9.82. The number of aromatic nitrogens is 4. The van der Waals surface area contributed by atoms with Crippen LogP contribution in [-0.4, -0.2) is 149 Å². The van der Waals surface area contributed by atoms with E-state index in [1.807, 2.05) is 176 Å². The number of aromatic hydroxyl groups is 2. The molecule has 0 bridgehead atoms. The van der Waals surface area contributed by atoms with Gasteiger partial charge in [-0.1, -0.05) is 268 Å². The molecule has 14 aromatic rings. The van der Waals surface area contributed by atoms with Crippen LogP contribution in [0.4, 0.5) is 0 Å². The molecule has 4 aromatic heterocycles. The number of rotatable bonds is 29. The van der Waals surface area contributed by atoms with Gasteiger partial charge in [0, 0.05) is 82.6 Å². The second kappa shape index (κ2) is 48.5. The van der Waals surface area contributed by atoms with Crippen LogP contribution in [0.25, 0.3) is 78.7 Å². The van der Waals surface area contributed by atoms with E-state index in [9.17, 15) is 34.2 Å². The number of aryl methyl sites for hydroxylation is 3. The van der Waals surface area contributed by atoms with Crippen molar-refractivity contribution in [3.8, 4) is 107 Å². The fourth-order valence-electron chi connectivity index (χ4n) is 17.5. The summed E-state index contributed by atoms with van der Waals surface area (Å²) in [5.41, 5.74) is 20.5. The van der Waals surface area contributed by atoms with Crippen LogP contribution in [0.1, 0.15) is 230 Å². The number of aldehydes is 1.